The van der Waals surface area contributed by atoms with Gasteiger partial charge in [0.25, 0.3) is 0 Å². The highest BCUT2D eigenvalue weighted by Gasteiger charge is 2.13. The molecular formula is C5H9N3O2. The Balaban J connectivity index is 4.05. The molecule has 0 spiro atoms. The third kappa shape index (κ3) is 2.37. The fraction of sp³-hybridized carbons (Fsp3) is 0.800. The lowest BCUT2D eigenvalue weighted by molar-refractivity contribution is -0.142. The Morgan fingerprint density at radius 3 is 2.80 bits per heavy atom. The zero-order valence-electron chi connectivity index (χ0n) is 5.94. The van der Waals surface area contributed by atoms with Crippen molar-refractivity contribution in [1.29, 1.82) is 0 Å². The first-order chi connectivity index (χ1) is 4.76. The van der Waals surface area contributed by atoms with Gasteiger partial charge in [0.1, 0.15) is 6.04 Å². The third-order valence-electron chi connectivity index (χ3n) is 1.05. The number of esters is 1. The average Bonchev–Trinajstić information content (AvgIpc) is 1.99. The van der Waals surface area contributed by atoms with Crippen molar-refractivity contribution in [2.75, 3.05) is 7.11 Å². The molecule has 0 rings (SSSR count). The standard InChI is InChI=1S/C5H9N3O2/c1-3-4(7-8-6)5(9)10-2/h4H,3H2,1-2H3. The SMILES string of the molecule is CCC(N=[N+]=[N-])C(=O)OC. The lowest BCUT2D eigenvalue weighted by Crippen LogP contribution is -2.18. The summed E-state index contributed by atoms with van der Waals surface area (Å²) in [6.07, 6.45) is 0.469. The minimum Gasteiger partial charge on any atom is -0.469 e. The first-order valence-corrected chi connectivity index (χ1v) is 2.88. The van der Waals surface area contributed by atoms with Crippen LogP contribution in [0.25, 0.3) is 10.4 Å². The van der Waals surface area contributed by atoms with Crippen LogP contribution in [0, 0.1) is 0 Å². The van der Waals surface area contributed by atoms with Gasteiger partial charge >= 0.3 is 5.97 Å². The van der Waals surface area contributed by atoms with Crippen LogP contribution in [-0.2, 0) is 9.53 Å². The molecule has 0 aromatic carbocycles. The summed E-state index contributed by atoms with van der Waals surface area (Å²) in [4.78, 5) is 13.1. The number of carbonyl (C=O) groups excluding carboxylic acids is 1. The zero-order chi connectivity index (χ0) is 7.98. The summed E-state index contributed by atoms with van der Waals surface area (Å²) >= 11 is 0. The first-order valence-electron chi connectivity index (χ1n) is 2.88. The molecule has 0 heterocycles. The van der Waals surface area contributed by atoms with Gasteiger partial charge in [0.2, 0.25) is 0 Å². The van der Waals surface area contributed by atoms with Crippen molar-refractivity contribution in [3.05, 3.63) is 10.4 Å². The van der Waals surface area contributed by atoms with Gasteiger partial charge in [-0.15, -0.1) is 0 Å². The van der Waals surface area contributed by atoms with Gasteiger partial charge < -0.3 is 4.74 Å². The Kier molecular flexibility index (Phi) is 4.07. The maximum atomic E-state index is 10.6. The number of azide groups is 1. The van der Waals surface area contributed by atoms with Crippen molar-refractivity contribution in [2.24, 2.45) is 5.11 Å². The van der Waals surface area contributed by atoms with Crippen LogP contribution >= 0.6 is 0 Å². The molecule has 0 aromatic heterocycles. The summed E-state index contributed by atoms with van der Waals surface area (Å²) in [5.41, 5.74) is 7.96. The van der Waals surface area contributed by atoms with Gasteiger partial charge in [-0.05, 0) is 12.0 Å². The molecule has 5 heteroatoms. The molecule has 0 aliphatic heterocycles. The molecule has 1 atom stereocenters. The number of ether oxygens (including phenoxy) is 1. The summed E-state index contributed by atoms with van der Waals surface area (Å²) in [5, 5.41) is 3.22. The molecule has 0 saturated heterocycles. The summed E-state index contributed by atoms with van der Waals surface area (Å²) in [6, 6.07) is -0.671. The number of rotatable bonds is 3. The van der Waals surface area contributed by atoms with Crippen molar-refractivity contribution < 1.29 is 9.53 Å². The van der Waals surface area contributed by atoms with E-state index in [1.54, 1.807) is 6.92 Å². The highest BCUT2D eigenvalue weighted by Crippen LogP contribution is 1.99. The van der Waals surface area contributed by atoms with Gasteiger partial charge in [0.15, 0.2) is 0 Å². The molecule has 0 aliphatic rings. The van der Waals surface area contributed by atoms with Gasteiger partial charge in [-0.2, -0.15) is 0 Å². The van der Waals surface area contributed by atoms with Crippen molar-refractivity contribution in [3.63, 3.8) is 0 Å². The van der Waals surface area contributed by atoms with Gasteiger partial charge in [0.05, 0.1) is 7.11 Å². The highest BCUT2D eigenvalue weighted by atomic mass is 16.5. The minimum atomic E-state index is -0.671. The maximum Gasteiger partial charge on any atom is 0.314 e. The van der Waals surface area contributed by atoms with Gasteiger partial charge in [-0.25, -0.2) is 0 Å². The molecule has 0 aliphatic carbocycles. The van der Waals surface area contributed by atoms with E-state index in [4.69, 9.17) is 5.53 Å². The van der Waals surface area contributed by atoms with Gasteiger partial charge in [-0.3, -0.25) is 4.79 Å². The van der Waals surface area contributed by atoms with Crippen molar-refractivity contribution in [1.82, 2.24) is 0 Å². The summed E-state index contributed by atoms with van der Waals surface area (Å²) < 4.78 is 4.35. The maximum absolute atomic E-state index is 10.6. The number of hydrogen-bond acceptors (Lipinski definition) is 3. The Bertz CT molecular complexity index is 162. The molecule has 56 valence electrons. The van der Waals surface area contributed by atoms with E-state index in [1.165, 1.54) is 7.11 Å². The Labute approximate surface area is 58.6 Å². The molecule has 0 radical (unpaired) electrons. The zero-order valence-corrected chi connectivity index (χ0v) is 5.94. The lowest BCUT2D eigenvalue weighted by atomic mass is 10.2. The van der Waals surface area contributed by atoms with E-state index in [0.29, 0.717) is 6.42 Å². The average molecular weight is 143 g/mol. The smallest absolute Gasteiger partial charge is 0.314 e. The quantitative estimate of drug-likeness (QED) is 0.258. The lowest BCUT2D eigenvalue weighted by Gasteiger charge is -2.02. The van der Waals surface area contributed by atoms with Crippen LogP contribution in [0.3, 0.4) is 0 Å². The van der Waals surface area contributed by atoms with Gasteiger partial charge in [-0.1, -0.05) is 12.0 Å². The molecule has 0 saturated carbocycles. The molecule has 5 nitrogen and oxygen atoms in total. The number of methoxy groups -OCH3 is 1. The van der Waals surface area contributed by atoms with E-state index < -0.39 is 12.0 Å². The van der Waals surface area contributed by atoms with Crippen LogP contribution in [0.4, 0.5) is 0 Å². The van der Waals surface area contributed by atoms with E-state index in [-0.39, 0.29) is 0 Å². The normalized spacial score (nSPS) is 11.4. The summed E-state index contributed by atoms with van der Waals surface area (Å²) in [7, 11) is 1.26. The van der Waals surface area contributed by atoms with Crippen molar-refractivity contribution in [2.45, 2.75) is 19.4 Å². The van der Waals surface area contributed by atoms with Crippen LogP contribution in [0.15, 0.2) is 5.11 Å². The van der Waals surface area contributed by atoms with Crippen LogP contribution in [-0.4, -0.2) is 19.1 Å². The van der Waals surface area contributed by atoms with E-state index in [1.807, 2.05) is 0 Å². The molecule has 0 amide bonds. The molecule has 0 N–H and O–H groups in total. The van der Waals surface area contributed by atoms with E-state index >= 15 is 0 Å². The Hall–Kier alpha value is -1.22. The third-order valence-corrected chi connectivity index (χ3v) is 1.05. The minimum absolute atomic E-state index is 0.469. The highest BCUT2D eigenvalue weighted by molar-refractivity contribution is 5.75. The molecular weight excluding hydrogens is 134 g/mol. The van der Waals surface area contributed by atoms with Crippen LogP contribution in [0.1, 0.15) is 13.3 Å². The Morgan fingerprint density at radius 1 is 1.90 bits per heavy atom. The fourth-order valence-electron chi connectivity index (χ4n) is 0.494. The largest absolute Gasteiger partial charge is 0.469 e. The number of hydrogen-bond donors (Lipinski definition) is 0. The van der Waals surface area contributed by atoms with Crippen LogP contribution in [0.5, 0.6) is 0 Å². The van der Waals surface area contributed by atoms with Crippen LogP contribution in [0.2, 0.25) is 0 Å². The summed E-state index contributed by atoms with van der Waals surface area (Å²) in [5.74, 6) is -0.486. The predicted octanol–water partition coefficient (Wildman–Crippen LogP) is 1.25. The molecule has 0 aromatic rings. The number of carbonyl (C=O) groups is 1. The molecule has 10 heavy (non-hydrogen) atoms. The summed E-state index contributed by atoms with van der Waals surface area (Å²) in [6.45, 7) is 1.75. The monoisotopic (exact) mass is 143 g/mol. The van der Waals surface area contributed by atoms with Crippen molar-refractivity contribution in [3.8, 4) is 0 Å². The Morgan fingerprint density at radius 2 is 2.50 bits per heavy atom. The molecule has 0 bridgehead atoms. The fourth-order valence-corrected chi connectivity index (χ4v) is 0.494. The predicted molar refractivity (Wildman–Crippen MR) is 35.2 cm³/mol. The second-order valence-corrected chi connectivity index (χ2v) is 1.65. The molecule has 0 fully saturated rings. The topological polar surface area (TPSA) is 75.1 Å². The second-order valence-electron chi connectivity index (χ2n) is 1.65. The van der Waals surface area contributed by atoms with Crippen molar-refractivity contribution >= 4 is 5.97 Å². The van der Waals surface area contributed by atoms with Crippen LogP contribution < -0.4 is 0 Å². The van der Waals surface area contributed by atoms with E-state index in [2.05, 4.69) is 14.8 Å². The van der Waals surface area contributed by atoms with E-state index in [9.17, 15) is 4.79 Å². The molecule has 1 unspecified atom stereocenters. The number of nitrogens with zero attached hydrogens (tertiary/aromatic N) is 3. The van der Waals surface area contributed by atoms with E-state index in [0.717, 1.165) is 0 Å². The second kappa shape index (κ2) is 4.64. The first kappa shape index (κ1) is 8.78. The van der Waals surface area contributed by atoms with Gasteiger partial charge in [0, 0.05) is 4.91 Å².